The molecule has 0 fully saturated rings. The van der Waals surface area contributed by atoms with Gasteiger partial charge in [0.05, 0.1) is 24.4 Å². The zero-order valence-electron chi connectivity index (χ0n) is 15.0. The van der Waals surface area contributed by atoms with E-state index in [1.807, 2.05) is 31.2 Å². The topological polar surface area (TPSA) is 86.1 Å². The van der Waals surface area contributed by atoms with Gasteiger partial charge < -0.3 is 10.1 Å². The SMILES string of the molecule is CCOc1ccc(-c2ccc(=O)n(CCNC(=O)c3cccnc3)n2)cc1. The number of aromatic nitrogens is 3. The lowest BCUT2D eigenvalue weighted by Gasteiger charge is -2.09. The molecule has 7 heteroatoms. The van der Waals surface area contributed by atoms with Gasteiger partial charge in [0.25, 0.3) is 11.5 Å². The van der Waals surface area contributed by atoms with Crippen molar-refractivity contribution in [3.63, 3.8) is 0 Å². The van der Waals surface area contributed by atoms with Gasteiger partial charge in [-0.1, -0.05) is 0 Å². The molecule has 0 saturated carbocycles. The van der Waals surface area contributed by atoms with Gasteiger partial charge >= 0.3 is 0 Å². The van der Waals surface area contributed by atoms with Gasteiger partial charge in [-0.15, -0.1) is 0 Å². The van der Waals surface area contributed by atoms with Crippen LogP contribution in [0.3, 0.4) is 0 Å². The van der Waals surface area contributed by atoms with Gasteiger partial charge in [-0.3, -0.25) is 14.6 Å². The number of amides is 1. The highest BCUT2D eigenvalue weighted by Crippen LogP contribution is 2.19. The summed E-state index contributed by atoms with van der Waals surface area (Å²) in [5.41, 5.74) is 1.81. The number of ether oxygens (including phenoxy) is 1. The molecule has 27 heavy (non-hydrogen) atoms. The molecule has 3 rings (SSSR count). The molecule has 2 aromatic heterocycles. The highest BCUT2D eigenvalue weighted by Gasteiger charge is 2.07. The summed E-state index contributed by atoms with van der Waals surface area (Å²) in [6, 6.07) is 14.1. The maximum atomic E-state index is 12.0. The zero-order chi connectivity index (χ0) is 19.1. The number of hydrogen-bond acceptors (Lipinski definition) is 5. The Morgan fingerprint density at radius 2 is 1.96 bits per heavy atom. The van der Waals surface area contributed by atoms with E-state index in [1.165, 1.54) is 16.9 Å². The van der Waals surface area contributed by atoms with Crippen LogP contribution in [0.2, 0.25) is 0 Å². The van der Waals surface area contributed by atoms with E-state index in [0.717, 1.165) is 11.3 Å². The van der Waals surface area contributed by atoms with E-state index in [1.54, 1.807) is 24.4 Å². The maximum Gasteiger partial charge on any atom is 0.266 e. The Hall–Kier alpha value is -3.48. The fourth-order valence-electron chi connectivity index (χ4n) is 2.53. The molecular weight excluding hydrogens is 344 g/mol. The third-order valence-electron chi connectivity index (χ3n) is 3.86. The summed E-state index contributed by atoms with van der Waals surface area (Å²) in [4.78, 5) is 28.0. The molecular formula is C20H20N4O3. The van der Waals surface area contributed by atoms with E-state index in [0.29, 0.717) is 17.9 Å². The van der Waals surface area contributed by atoms with Crippen LogP contribution in [-0.4, -0.2) is 33.8 Å². The molecule has 0 spiro atoms. The minimum atomic E-state index is -0.237. The Labute approximate surface area is 156 Å². The Morgan fingerprint density at radius 1 is 1.15 bits per heavy atom. The van der Waals surface area contributed by atoms with E-state index in [2.05, 4.69) is 15.4 Å². The van der Waals surface area contributed by atoms with Gasteiger partial charge in [0.2, 0.25) is 0 Å². The molecule has 0 aliphatic rings. The summed E-state index contributed by atoms with van der Waals surface area (Å²) in [6.07, 6.45) is 3.10. The van der Waals surface area contributed by atoms with Crippen LogP contribution in [0, 0.1) is 0 Å². The van der Waals surface area contributed by atoms with E-state index in [9.17, 15) is 9.59 Å². The molecule has 138 valence electrons. The summed E-state index contributed by atoms with van der Waals surface area (Å²) in [6.45, 7) is 3.09. The molecule has 1 N–H and O–H groups in total. The lowest BCUT2D eigenvalue weighted by molar-refractivity contribution is 0.0951. The van der Waals surface area contributed by atoms with Crippen molar-refractivity contribution in [2.45, 2.75) is 13.5 Å². The van der Waals surface area contributed by atoms with Crippen LogP contribution in [0.4, 0.5) is 0 Å². The summed E-state index contributed by atoms with van der Waals surface area (Å²) in [5, 5.41) is 7.15. The van der Waals surface area contributed by atoms with Gasteiger partial charge in [-0.2, -0.15) is 5.10 Å². The average molecular weight is 364 g/mol. The number of pyridine rings is 1. The van der Waals surface area contributed by atoms with Crippen LogP contribution in [0.25, 0.3) is 11.3 Å². The molecule has 0 aliphatic heterocycles. The van der Waals surface area contributed by atoms with Crippen LogP contribution in [0.5, 0.6) is 5.75 Å². The first-order valence-electron chi connectivity index (χ1n) is 8.67. The molecule has 2 heterocycles. The number of hydrogen-bond donors (Lipinski definition) is 1. The molecule has 0 saturated heterocycles. The van der Waals surface area contributed by atoms with Crippen LogP contribution in [0.15, 0.2) is 65.7 Å². The van der Waals surface area contributed by atoms with Gasteiger partial charge in [0.15, 0.2) is 0 Å². The largest absolute Gasteiger partial charge is 0.494 e. The van der Waals surface area contributed by atoms with Crippen LogP contribution in [-0.2, 0) is 6.54 Å². The lowest BCUT2D eigenvalue weighted by Crippen LogP contribution is -2.32. The Bertz CT molecular complexity index is 953. The molecule has 0 aliphatic carbocycles. The normalized spacial score (nSPS) is 10.4. The van der Waals surface area contributed by atoms with Crippen molar-refractivity contribution in [3.8, 4) is 17.0 Å². The first kappa shape index (κ1) is 18.3. The summed E-state index contributed by atoms with van der Waals surface area (Å²) >= 11 is 0. The van der Waals surface area contributed by atoms with Crippen molar-refractivity contribution in [3.05, 3.63) is 76.8 Å². The monoisotopic (exact) mass is 364 g/mol. The van der Waals surface area contributed by atoms with E-state index in [4.69, 9.17) is 4.74 Å². The predicted molar refractivity (Wildman–Crippen MR) is 102 cm³/mol. The second-order valence-electron chi connectivity index (χ2n) is 5.73. The third kappa shape index (κ3) is 4.78. The molecule has 7 nitrogen and oxygen atoms in total. The average Bonchev–Trinajstić information content (AvgIpc) is 2.71. The van der Waals surface area contributed by atoms with Crippen LogP contribution in [0.1, 0.15) is 17.3 Å². The van der Waals surface area contributed by atoms with E-state index < -0.39 is 0 Å². The van der Waals surface area contributed by atoms with Crippen molar-refractivity contribution in [1.29, 1.82) is 0 Å². The summed E-state index contributed by atoms with van der Waals surface area (Å²) < 4.78 is 6.77. The molecule has 0 unspecified atom stereocenters. The van der Waals surface area contributed by atoms with Gasteiger partial charge in [-0.05, 0) is 49.4 Å². The highest BCUT2D eigenvalue weighted by atomic mass is 16.5. The smallest absolute Gasteiger partial charge is 0.266 e. The van der Waals surface area contributed by atoms with Crippen LogP contribution >= 0.6 is 0 Å². The Balaban J connectivity index is 1.66. The van der Waals surface area contributed by atoms with Crippen molar-refractivity contribution in [2.75, 3.05) is 13.2 Å². The van der Waals surface area contributed by atoms with Crippen molar-refractivity contribution in [2.24, 2.45) is 0 Å². The zero-order valence-corrected chi connectivity index (χ0v) is 15.0. The van der Waals surface area contributed by atoms with E-state index >= 15 is 0 Å². The predicted octanol–water partition coefficient (Wildman–Crippen LogP) is 2.13. The fraction of sp³-hybridized carbons (Fsp3) is 0.200. The standard InChI is InChI=1S/C20H20N4O3/c1-2-27-17-7-5-15(6-8-17)18-9-10-19(25)24(23-18)13-12-22-20(26)16-4-3-11-21-14-16/h3-11,14H,2,12-13H2,1H3,(H,22,26). The maximum absolute atomic E-state index is 12.0. The number of nitrogens with one attached hydrogen (secondary N) is 1. The number of carbonyl (C=O) groups is 1. The Morgan fingerprint density at radius 3 is 2.67 bits per heavy atom. The number of nitrogens with zero attached hydrogens (tertiary/aromatic N) is 3. The molecule has 0 bridgehead atoms. The van der Waals surface area contributed by atoms with Crippen molar-refractivity contribution in [1.82, 2.24) is 20.1 Å². The minimum absolute atomic E-state index is 0.222. The molecule has 1 aromatic carbocycles. The number of benzene rings is 1. The van der Waals surface area contributed by atoms with Gasteiger partial charge in [-0.25, -0.2) is 4.68 Å². The molecule has 3 aromatic rings. The van der Waals surface area contributed by atoms with Crippen molar-refractivity contribution >= 4 is 5.91 Å². The van der Waals surface area contributed by atoms with Gasteiger partial charge in [0, 0.05) is 30.6 Å². The number of carbonyl (C=O) groups excluding carboxylic acids is 1. The van der Waals surface area contributed by atoms with Crippen molar-refractivity contribution < 1.29 is 9.53 Å². The molecule has 0 atom stereocenters. The lowest BCUT2D eigenvalue weighted by atomic mass is 10.1. The molecule has 1 amide bonds. The third-order valence-corrected chi connectivity index (χ3v) is 3.86. The second-order valence-corrected chi connectivity index (χ2v) is 5.73. The quantitative estimate of drug-likeness (QED) is 0.694. The first-order valence-corrected chi connectivity index (χ1v) is 8.67. The second kappa shape index (κ2) is 8.75. The highest BCUT2D eigenvalue weighted by molar-refractivity contribution is 5.93. The summed E-state index contributed by atoms with van der Waals surface area (Å²) in [7, 11) is 0. The first-order chi connectivity index (χ1) is 13.2. The Kier molecular flexibility index (Phi) is 5.94. The van der Waals surface area contributed by atoms with Gasteiger partial charge in [0.1, 0.15) is 5.75 Å². The summed E-state index contributed by atoms with van der Waals surface area (Å²) in [5.74, 6) is 0.548. The molecule has 0 radical (unpaired) electrons. The fourth-order valence-corrected chi connectivity index (χ4v) is 2.53. The number of rotatable bonds is 7. The van der Waals surface area contributed by atoms with E-state index in [-0.39, 0.29) is 24.6 Å². The van der Waals surface area contributed by atoms with Crippen LogP contribution < -0.4 is 15.6 Å². The minimum Gasteiger partial charge on any atom is -0.494 e.